The highest BCUT2D eigenvalue weighted by atomic mass is 35.5. The highest BCUT2D eigenvalue weighted by Gasteiger charge is 2.53. The maximum absolute atomic E-state index is 5.98. The van der Waals surface area contributed by atoms with E-state index in [0.717, 1.165) is 29.1 Å². The molecule has 92 valence electrons. The molecule has 0 amide bonds. The fourth-order valence-corrected chi connectivity index (χ4v) is 3.33. The lowest BCUT2D eigenvalue weighted by Crippen LogP contribution is -2.25. The third-order valence-corrected chi connectivity index (χ3v) is 4.50. The maximum Gasteiger partial charge on any atom is 0.0424 e. The Kier molecular flexibility index (Phi) is 3.10. The van der Waals surface area contributed by atoms with E-state index in [9.17, 15) is 0 Å². The summed E-state index contributed by atoms with van der Waals surface area (Å²) in [6.45, 7) is 2.02. The zero-order valence-corrected chi connectivity index (χ0v) is 11.3. The second kappa shape index (κ2) is 4.46. The standard InChI is InChI=1S/C14H17Cl2N/c15-12-5-10(6-13(16)7-12)8-17-9-14(3-4-14)11-1-2-11/h5-7,11,17H,1-4,8-9H2. The molecule has 3 rings (SSSR count). The Morgan fingerprint density at radius 3 is 2.29 bits per heavy atom. The molecule has 1 aromatic carbocycles. The topological polar surface area (TPSA) is 12.0 Å². The van der Waals surface area contributed by atoms with E-state index in [1.54, 1.807) is 6.07 Å². The van der Waals surface area contributed by atoms with Gasteiger partial charge in [-0.2, -0.15) is 0 Å². The Bertz CT molecular complexity index is 402. The van der Waals surface area contributed by atoms with Crippen LogP contribution in [0.1, 0.15) is 31.2 Å². The van der Waals surface area contributed by atoms with E-state index in [0.29, 0.717) is 5.41 Å². The van der Waals surface area contributed by atoms with E-state index in [-0.39, 0.29) is 0 Å². The molecule has 1 aromatic rings. The molecule has 2 fully saturated rings. The van der Waals surface area contributed by atoms with Crippen LogP contribution in [-0.2, 0) is 6.54 Å². The van der Waals surface area contributed by atoms with Crippen LogP contribution in [-0.4, -0.2) is 6.54 Å². The van der Waals surface area contributed by atoms with Gasteiger partial charge in [0.25, 0.3) is 0 Å². The minimum atomic E-state index is 0.655. The Morgan fingerprint density at radius 1 is 1.12 bits per heavy atom. The summed E-state index contributed by atoms with van der Waals surface area (Å²) in [4.78, 5) is 0. The monoisotopic (exact) mass is 269 g/mol. The van der Waals surface area contributed by atoms with Crippen molar-refractivity contribution in [2.24, 2.45) is 11.3 Å². The van der Waals surface area contributed by atoms with E-state index in [1.165, 1.54) is 31.2 Å². The lowest BCUT2D eigenvalue weighted by molar-refractivity contribution is 0.403. The first-order chi connectivity index (χ1) is 8.18. The van der Waals surface area contributed by atoms with Gasteiger partial charge in [0.1, 0.15) is 0 Å². The first-order valence-corrected chi connectivity index (χ1v) is 7.09. The summed E-state index contributed by atoms with van der Waals surface area (Å²) < 4.78 is 0. The predicted molar refractivity (Wildman–Crippen MR) is 72.6 cm³/mol. The van der Waals surface area contributed by atoms with Crippen LogP contribution in [0.15, 0.2) is 18.2 Å². The predicted octanol–water partition coefficient (Wildman–Crippen LogP) is 4.27. The number of halogens is 2. The van der Waals surface area contributed by atoms with Crippen molar-refractivity contribution in [2.45, 2.75) is 32.2 Å². The van der Waals surface area contributed by atoms with Crippen LogP contribution in [0, 0.1) is 11.3 Å². The van der Waals surface area contributed by atoms with E-state index >= 15 is 0 Å². The molecule has 0 aliphatic heterocycles. The van der Waals surface area contributed by atoms with E-state index < -0.39 is 0 Å². The lowest BCUT2D eigenvalue weighted by atomic mass is 10.0. The average molecular weight is 270 g/mol. The Labute approximate surface area is 112 Å². The number of nitrogens with one attached hydrogen (secondary N) is 1. The normalized spacial score (nSPS) is 21.5. The average Bonchev–Trinajstić information content (AvgIpc) is 3.11. The molecule has 0 radical (unpaired) electrons. The third-order valence-electron chi connectivity index (χ3n) is 4.06. The summed E-state index contributed by atoms with van der Waals surface area (Å²) in [6.07, 6.45) is 5.73. The summed E-state index contributed by atoms with van der Waals surface area (Å²) in [6, 6.07) is 5.74. The summed E-state index contributed by atoms with van der Waals surface area (Å²) >= 11 is 12.0. The van der Waals surface area contributed by atoms with Crippen LogP contribution in [0.25, 0.3) is 0 Å². The first-order valence-electron chi connectivity index (χ1n) is 6.34. The molecule has 0 aromatic heterocycles. The van der Waals surface area contributed by atoms with Crippen LogP contribution in [0.5, 0.6) is 0 Å². The van der Waals surface area contributed by atoms with Crippen molar-refractivity contribution in [2.75, 3.05) is 6.54 Å². The zero-order chi connectivity index (χ0) is 11.9. The SMILES string of the molecule is Clc1cc(Cl)cc(CNCC2(C3CC3)CC2)c1. The lowest BCUT2D eigenvalue weighted by Gasteiger charge is -2.15. The van der Waals surface area contributed by atoms with Gasteiger partial charge in [-0.3, -0.25) is 0 Å². The van der Waals surface area contributed by atoms with Crippen molar-refractivity contribution in [1.82, 2.24) is 5.32 Å². The molecule has 0 spiro atoms. The van der Waals surface area contributed by atoms with Gasteiger partial charge in [-0.25, -0.2) is 0 Å². The van der Waals surface area contributed by atoms with Gasteiger partial charge in [-0.05, 0) is 60.8 Å². The zero-order valence-electron chi connectivity index (χ0n) is 9.81. The molecule has 2 aliphatic carbocycles. The van der Waals surface area contributed by atoms with Crippen LogP contribution >= 0.6 is 23.2 Å². The molecular formula is C14H17Cl2N. The van der Waals surface area contributed by atoms with Gasteiger partial charge in [0, 0.05) is 23.1 Å². The van der Waals surface area contributed by atoms with Crippen molar-refractivity contribution in [1.29, 1.82) is 0 Å². The fraction of sp³-hybridized carbons (Fsp3) is 0.571. The molecule has 17 heavy (non-hydrogen) atoms. The van der Waals surface area contributed by atoms with E-state index in [1.807, 2.05) is 12.1 Å². The smallest absolute Gasteiger partial charge is 0.0424 e. The van der Waals surface area contributed by atoms with Crippen molar-refractivity contribution in [3.63, 3.8) is 0 Å². The van der Waals surface area contributed by atoms with Gasteiger partial charge in [0.15, 0.2) is 0 Å². The summed E-state index contributed by atoms with van der Waals surface area (Å²) in [5.41, 5.74) is 1.83. The molecule has 0 heterocycles. The molecule has 0 saturated heterocycles. The summed E-state index contributed by atoms with van der Waals surface area (Å²) in [5, 5.41) is 5.00. The molecule has 3 heteroatoms. The third kappa shape index (κ3) is 2.78. The van der Waals surface area contributed by atoms with Crippen LogP contribution in [0.3, 0.4) is 0 Å². The highest BCUT2D eigenvalue weighted by molar-refractivity contribution is 6.34. The maximum atomic E-state index is 5.98. The van der Waals surface area contributed by atoms with Gasteiger partial charge in [0.2, 0.25) is 0 Å². The second-order valence-electron chi connectivity index (χ2n) is 5.52. The van der Waals surface area contributed by atoms with Crippen LogP contribution in [0.4, 0.5) is 0 Å². The van der Waals surface area contributed by atoms with E-state index in [2.05, 4.69) is 5.32 Å². The summed E-state index contributed by atoms with van der Waals surface area (Å²) in [7, 11) is 0. The van der Waals surface area contributed by atoms with Gasteiger partial charge in [0.05, 0.1) is 0 Å². The quantitative estimate of drug-likeness (QED) is 0.842. The Hall–Kier alpha value is -0.240. The fourth-order valence-electron chi connectivity index (χ4n) is 2.75. The second-order valence-corrected chi connectivity index (χ2v) is 6.39. The minimum Gasteiger partial charge on any atom is -0.312 e. The largest absolute Gasteiger partial charge is 0.312 e. The first kappa shape index (κ1) is 11.8. The Balaban J connectivity index is 1.53. The minimum absolute atomic E-state index is 0.655. The molecule has 0 atom stereocenters. The number of benzene rings is 1. The molecule has 1 N–H and O–H groups in total. The number of hydrogen-bond donors (Lipinski definition) is 1. The van der Waals surface area contributed by atoms with Gasteiger partial charge >= 0.3 is 0 Å². The van der Waals surface area contributed by atoms with Crippen LogP contribution in [0.2, 0.25) is 10.0 Å². The van der Waals surface area contributed by atoms with Gasteiger partial charge in [-0.1, -0.05) is 23.2 Å². The molecule has 0 bridgehead atoms. The molecular weight excluding hydrogens is 253 g/mol. The summed E-state index contributed by atoms with van der Waals surface area (Å²) in [5.74, 6) is 1.01. The van der Waals surface area contributed by atoms with Crippen molar-refractivity contribution < 1.29 is 0 Å². The van der Waals surface area contributed by atoms with Crippen molar-refractivity contribution in [3.8, 4) is 0 Å². The molecule has 0 unspecified atom stereocenters. The molecule has 2 aliphatic rings. The van der Waals surface area contributed by atoms with Crippen LogP contribution < -0.4 is 5.32 Å². The van der Waals surface area contributed by atoms with Gasteiger partial charge in [-0.15, -0.1) is 0 Å². The van der Waals surface area contributed by atoms with Crippen molar-refractivity contribution in [3.05, 3.63) is 33.8 Å². The van der Waals surface area contributed by atoms with E-state index in [4.69, 9.17) is 23.2 Å². The molecule has 1 nitrogen and oxygen atoms in total. The number of hydrogen-bond acceptors (Lipinski definition) is 1. The van der Waals surface area contributed by atoms with Gasteiger partial charge < -0.3 is 5.32 Å². The van der Waals surface area contributed by atoms with Crippen molar-refractivity contribution >= 4 is 23.2 Å². The number of rotatable bonds is 5. The molecule has 2 saturated carbocycles. The Morgan fingerprint density at radius 2 is 1.76 bits per heavy atom. The highest BCUT2D eigenvalue weighted by Crippen LogP contribution is 2.60.